The highest BCUT2D eigenvalue weighted by atomic mass is 79.9. The maximum Gasteiger partial charge on any atom is 0.231 e. The standard InChI is InChI=1S/C18H23BrN4O2S/c1-4-20-18(21-6-5-16-23-11(2)12(3)26-16)22-9-13-7-14(19)17-15(8-13)24-10-25-17/h7-8H,4-6,9-10H2,1-3H3,(H2,20,21,22). The van der Waals surface area contributed by atoms with Crippen LogP contribution in [0.3, 0.4) is 0 Å². The number of benzene rings is 1. The maximum atomic E-state index is 5.46. The predicted molar refractivity (Wildman–Crippen MR) is 108 cm³/mol. The number of aliphatic imine (C=N–C) groups is 1. The molecule has 0 unspecified atom stereocenters. The van der Waals surface area contributed by atoms with Crippen LogP contribution in [0.2, 0.25) is 0 Å². The van der Waals surface area contributed by atoms with E-state index in [9.17, 15) is 0 Å². The molecule has 2 aromatic rings. The Morgan fingerprint density at radius 3 is 2.88 bits per heavy atom. The number of rotatable bonds is 6. The SMILES string of the molecule is CCNC(=NCc1cc(Br)c2c(c1)OCO2)NCCc1nc(C)c(C)s1. The van der Waals surface area contributed by atoms with Gasteiger partial charge >= 0.3 is 0 Å². The number of ether oxygens (including phenoxy) is 2. The molecule has 140 valence electrons. The molecule has 0 fully saturated rings. The van der Waals surface area contributed by atoms with Crippen LogP contribution in [0.1, 0.15) is 28.1 Å². The van der Waals surface area contributed by atoms with E-state index in [0.29, 0.717) is 6.54 Å². The van der Waals surface area contributed by atoms with E-state index in [1.807, 2.05) is 12.1 Å². The predicted octanol–water partition coefficient (Wildman–Crippen LogP) is 3.55. The lowest BCUT2D eigenvalue weighted by molar-refractivity contribution is 0.173. The Hall–Kier alpha value is -1.80. The highest BCUT2D eigenvalue weighted by Gasteiger charge is 2.17. The number of guanidine groups is 1. The third-order valence-corrected chi connectivity index (χ3v) is 5.68. The summed E-state index contributed by atoms with van der Waals surface area (Å²) in [5.41, 5.74) is 2.18. The normalized spacial score (nSPS) is 13.2. The highest BCUT2D eigenvalue weighted by molar-refractivity contribution is 9.10. The van der Waals surface area contributed by atoms with E-state index in [1.165, 1.54) is 4.88 Å². The Kier molecular flexibility index (Phi) is 6.37. The molecule has 1 aliphatic heterocycles. The number of fused-ring (bicyclic) bond motifs is 1. The van der Waals surface area contributed by atoms with E-state index < -0.39 is 0 Å². The summed E-state index contributed by atoms with van der Waals surface area (Å²) in [5, 5.41) is 7.81. The lowest BCUT2D eigenvalue weighted by Crippen LogP contribution is -2.38. The first-order valence-corrected chi connectivity index (χ1v) is 10.2. The number of nitrogens with one attached hydrogen (secondary N) is 2. The van der Waals surface area contributed by atoms with Gasteiger partial charge in [-0.15, -0.1) is 11.3 Å². The van der Waals surface area contributed by atoms with Gasteiger partial charge in [0.15, 0.2) is 17.5 Å². The van der Waals surface area contributed by atoms with Crippen molar-refractivity contribution in [3.05, 3.63) is 37.7 Å². The van der Waals surface area contributed by atoms with Crippen molar-refractivity contribution < 1.29 is 9.47 Å². The minimum absolute atomic E-state index is 0.264. The van der Waals surface area contributed by atoms with Gasteiger partial charge in [0.1, 0.15) is 0 Å². The van der Waals surface area contributed by atoms with Gasteiger partial charge in [0, 0.05) is 24.4 Å². The zero-order chi connectivity index (χ0) is 18.5. The molecule has 0 bridgehead atoms. The summed E-state index contributed by atoms with van der Waals surface area (Å²) in [6.45, 7) is 8.65. The molecule has 0 spiro atoms. The van der Waals surface area contributed by atoms with E-state index in [1.54, 1.807) is 11.3 Å². The summed E-state index contributed by atoms with van der Waals surface area (Å²) in [6.07, 6.45) is 0.888. The van der Waals surface area contributed by atoms with Crippen molar-refractivity contribution in [3.63, 3.8) is 0 Å². The maximum absolute atomic E-state index is 5.46. The molecule has 1 aliphatic rings. The van der Waals surface area contributed by atoms with Gasteiger partial charge in [0.05, 0.1) is 21.7 Å². The first kappa shape index (κ1) is 19.0. The molecule has 2 heterocycles. The first-order valence-electron chi connectivity index (χ1n) is 8.60. The van der Waals surface area contributed by atoms with Gasteiger partial charge in [0.25, 0.3) is 0 Å². The number of aryl methyl sites for hydroxylation is 2. The second-order valence-corrected chi connectivity index (χ2v) is 8.07. The van der Waals surface area contributed by atoms with Crippen LogP contribution in [0.4, 0.5) is 0 Å². The van der Waals surface area contributed by atoms with Crippen molar-refractivity contribution in [1.29, 1.82) is 0 Å². The van der Waals surface area contributed by atoms with Gasteiger partial charge in [-0.2, -0.15) is 0 Å². The van der Waals surface area contributed by atoms with Crippen LogP contribution in [-0.4, -0.2) is 30.8 Å². The number of nitrogens with zero attached hydrogens (tertiary/aromatic N) is 2. The minimum atomic E-state index is 0.264. The van der Waals surface area contributed by atoms with Gasteiger partial charge in [-0.25, -0.2) is 9.98 Å². The average Bonchev–Trinajstić information content (AvgIpc) is 3.20. The van der Waals surface area contributed by atoms with Crippen LogP contribution in [-0.2, 0) is 13.0 Å². The average molecular weight is 439 g/mol. The van der Waals surface area contributed by atoms with E-state index in [4.69, 9.17) is 9.47 Å². The third kappa shape index (κ3) is 4.67. The Morgan fingerprint density at radius 1 is 1.31 bits per heavy atom. The molecule has 0 saturated heterocycles. The molecule has 1 aromatic heterocycles. The number of hydrogen-bond acceptors (Lipinski definition) is 5. The lowest BCUT2D eigenvalue weighted by atomic mass is 10.2. The molecular weight excluding hydrogens is 416 g/mol. The van der Waals surface area contributed by atoms with Crippen LogP contribution < -0.4 is 20.1 Å². The smallest absolute Gasteiger partial charge is 0.231 e. The summed E-state index contributed by atoms with van der Waals surface area (Å²) < 4.78 is 11.8. The molecule has 1 aromatic carbocycles. The second kappa shape index (κ2) is 8.73. The van der Waals surface area contributed by atoms with E-state index >= 15 is 0 Å². The van der Waals surface area contributed by atoms with Crippen LogP contribution in [0.25, 0.3) is 0 Å². The minimum Gasteiger partial charge on any atom is -0.454 e. The molecule has 8 heteroatoms. The van der Waals surface area contributed by atoms with Crippen LogP contribution in [0, 0.1) is 13.8 Å². The van der Waals surface area contributed by atoms with Gasteiger partial charge in [-0.1, -0.05) is 0 Å². The van der Waals surface area contributed by atoms with Gasteiger partial charge in [0.2, 0.25) is 6.79 Å². The highest BCUT2D eigenvalue weighted by Crippen LogP contribution is 2.40. The molecule has 6 nitrogen and oxygen atoms in total. The number of aromatic nitrogens is 1. The molecule has 2 N–H and O–H groups in total. The second-order valence-electron chi connectivity index (χ2n) is 5.93. The van der Waals surface area contributed by atoms with Gasteiger partial charge < -0.3 is 20.1 Å². The van der Waals surface area contributed by atoms with Gasteiger partial charge in [-0.3, -0.25) is 0 Å². The topological polar surface area (TPSA) is 67.8 Å². The fourth-order valence-electron chi connectivity index (χ4n) is 2.56. The summed E-state index contributed by atoms with van der Waals surface area (Å²) in [5.74, 6) is 2.32. The Labute approximate surface area is 166 Å². The van der Waals surface area contributed by atoms with Gasteiger partial charge in [-0.05, 0) is 54.4 Å². The number of thiazole rings is 1. The molecule has 0 atom stereocenters. The fourth-order valence-corrected chi connectivity index (χ4v) is 4.10. The summed E-state index contributed by atoms with van der Waals surface area (Å²) >= 11 is 5.28. The van der Waals surface area contributed by atoms with Crippen molar-refractivity contribution in [2.45, 2.75) is 33.7 Å². The zero-order valence-corrected chi connectivity index (χ0v) is 17.6. The largest absolute Gasteiger partial charge is 0.454 e. The van der Waals surface area contributed by atoms with E-state index in [-0.39, 0.29) is 6.79 Å². The molecule has 0 amide bonds. The molecule has 0 saturated carbocycles. The van der Waals surface area contributed by atoms with E-state index in [0.717, 1.165) is 57.7 Å². The molecular formula is C18H23BrN4O2S. The van der Waals surface area contributed by atoms with Crippen molar-refractivity contribution in [1.82, 2.24) is 15.6 Å². The molecule has 0 radical (unpaired) electrons. The summed E-state index contributed by atoms with van der Waals surface area (Å²) in [6, 6.07) is 3.99. The molecule has 3 rings (SSSR count). The Bertz CT molecular complexity index is 787. The number of hydrogen-bond donors (Lipinski definition) is 2. The quantitative estimate of drug-likeness (QED) is 0.533. The summed E-state index contributed by atoms with van der Waals surface area (Å²) in [4.78, 5) is 10.5. The van der Waals surface area contributed by atoms with Crippen LogP contribution in [0.15, 0.2) is 21.6 Å². The van der Waals surface area contributed by atoms with E-state index in [2.05, 4.69) is 57.3 Å². The first-order chi connectivity index (χ1) is 12.6. The Balaban J connectivity index is 1.59. The van der Waals surface area contributed by atoms with Crippen molar-refractivity contribution in [2.75, 3.05) is 19.9 Å². The third-order valence-electron chi connectivity index (χ3n) is 3.96. The molecule has 0 aliphatic carbocycles. The zero-order valence-electron chi connectivity index (χ0n) is 15.2. The lowest BCUT2D eigenvalue weighted by Gasteiger charge is -2.11. The van der Waals surface area contributed by atoms with Crippen LogP contribution in [0.5, 0.6) is 11.5 Å². The monoisotopic (exact) mass is 438 g/mol. The number of halogens is 1. The fraction of sp³-hybridized carbons (Fsp3) is 0.444. The van der Waals surface area contributed by atoms with Crippen LogP contribution >= 0.6 is 27.3 Å². The molecule has 26 heavy (non-hydrogen) atoms. The van der Waals surface area contributed by atoms with Crippen molar-refractivity contribution in [3.8, 4) is 11.5 Å². The van der Waals surface area contributed by atoms with Crippen molar-refractivity contribution >= 4 is 33.2 Å². The Morgan fingerprint density at radius 2 is 2.15 bits per heavy atom. The van der Waals surface area contributed by atoms with Crippen molar-refractivity contribution in [2.24, 2.45) is 4.99 Å². The summed E-state index contributed by atoms with van der Waals surface area (Å²) in [7, 11) is 0.